The number of hydrogen-bond acceptors (Lipinski definition) is 3. The molecule has 0 aliphatic carbocycles. The fourth-order valence-electron chi connectivity index (χ4n) is 2.66. The number of ether oxygens (including phenoxy) is 1. The van der Waals surface area contributed by atoms with Crippen LogP contribution in [0.1, 0.15) is 19.8 Å². The smallest absolute Gasteiger partial charge is 0.0862 e. The Morgan fingerprint density at radius 2 is 2.23 bits per heavy atom. The molecule has 3 heteroatoms. The average molecular weight is 184 g/mol. The van der Waals surface area contributed by atoms with Crippen molar-refractivity contribution in [2.24, 2.45) is 0 Å². The van der Waals surface area contributed by atoms with Crippen LogP contribution in [-0.4, -0.2) is 49.8 Å². The zero-order valence-corrected chi connectivity index (χ0v) is 8.62. The molecule has 76 valence electrons. The van der Waals surface area contributed by atoms with E-state index in [1.165, 1.54) is 19.4 Å². The average Bonchev–Trinajstić information content (AvgIpc) is 2.71. The molecular formula is C10H20N2O. The molecule has 2 fully saturated rings. The highest BCUT2D eigenvalue weighted by molar-refractivity contribution is 4.93. The molecule has 1 N–H and O–H groups in total. The standard InChI is InChI=1S/C10H20N2O/c1-8-4-3-5-12(8)9-6-11-7-10(9)13-2/h8-11H,3-7H2,1-2H3/t8?,9?,10-/m0/s1. The highest BCUT2D eigenvalue weighted by Crippen LogP contribution is 2.23. The van der Waals surface area contributed by atoms with Crippen LogP contribution >= 0.6 is 0 Å². The number of likely N-dealkylation sites (tertiary alicyclic amines) is 1. The van der Waals surface area contributed by atoms with Crippen LogP contribution in [0, 0.1) is 0 Å². The maximum Gasteiger partial charge on any atom is 0.0862 e. The van der Waals surface area contributed by atoms with Gasteiger partial charge in [-0.1, -0.05) is 0 Å². The quantitative estimate of drug-likeness (QED) is 0.674. The molecule has 2 rings (SSSR count). The lowest BCUT2D eigenvalue weighted by Crippen LogP contribution is -2.45. The summed E-state index contributed by atoms with van der Waals surface area (Å²) in [5.74, 6) is 0. The predicted molar refractivity (Wildman–Crippen MR) is 52.9 cm³/mol. The van der Waals surface area contributed by atoms with Gasteiger partial charge in [0.25, 0.3) is 0 Å². The first-order valence-corrected chi connectivity index (χ1v) is 5.32. The summed E-state index contributed by atoms with van der Waals surface area (Å²) in [7, 11) is 1.82. The highest BCUT2D eigenvalue weighted by Gasteiger charge is 2.36. The van der Waals surface area contributed by atoms with E-state index >= 15 is 0 Å². The Kier molecular flexibility index (Phi) is 2.86. The Morgan fingerprint density at radius 1 is 1.38 bits per heavy atom. The molecule has 2 aliphatic heterocycles. The number of hydrogen-bond donors (Lipinski definition) is 1. The summed E-state index contributed by atoms with van der Waals surface area (Å²) in [6.45, 7) is 5.71. The molecule has 0 amide bonds. The van der Waals surface area contributed by atoms with Crippen molar-refractivity contribution in [2.75, 3.05) is 26.7 Å². The van der Waals surface area contributed by atoms with Crippen LogP contribution in [0.5, 0.6) is 0 Å². The Labute approximate surface area is 80.4 Å². The van der Waals surface area contributed by atoms with Crippen LogP contribution in [0.3, 0.4) is 0 Å². The number of methoxy groups -OCH3 is 1. The van der Waals surface area contributed by atoms with Crippen LogP contribution in [0.25, 0.3) is 0 Å². The van der Waals surface area contributed by atoms with Gasteiger partial charge < -0.3 is 10.1 Å². The second-order valence-electron chi connectivity index (χ2n) is 4.23. The van der Waals surface area contributed by atoms with E-state index in [2.05, 4.69) is 17.1 Å². The van der Waals surface area contributed by atoms with Gasteiger partial charge in [0.15, 0.2) is 0 Å². The second-order valence-corrected chi connectivity index (χ2v) is 4.23. The third-order valence-electron chi connectivity index (χ3n) is 3.46. The van der Waals surface area contributed by atoms with E-state index in [0.29, 0.717) is 12.1 Å². The first-order valence-electron chi connectivity index (χ1n) is 5.32. The van der Waals surface area contributed by atoms with Crippen molar-refractivity contribution in [1.29, 1.82) is 0 Å². The minimum atomic E-state index is 0.403. The topological polar surface area (TPSA) is 24.5 Å². The lowest BCUT2D eigenvalue weighted by atomic mass is 10.1. The van der Waals surface area contributed by atoms with Crippen molar-refractivity contribution >= 4 is 0 Å². The van der Waals surface area contributed by atoms with Crippen molar-refractivity contribution < 1.29 is 4.74 Å². The van der Waals surface area contributed by atoms with Gasteiger partial charge in [0.2, 0.25) is 0 Å². The third-order valence-corrected chi connectivity index (χ3v) is 3.46. The normalized spacial score (nSPS) is 41.5. The van der Waals surface area contributed by atoms with Crippen molar-refractivity contribution in [3.05, 3.63) is 0 Å². The van der Waals surface area contributed by atoms with E-state index in [-0.39, 0.29) is 0 Å². The van der Waals surface area contributed by atoms with Crippen molar-refractivity contribution in [3.8, 4) is 0 Å². The SMILES string of the molecule is CO[C@H]1CNCC1N1CCCC1C. The Morgan fingerprint density at radius 3 is 2.85 bits per heavy atom. The van der Waals surface area contributed by atoms with Crippen LogP contribution in [-0.2, 0) is 4.74 Å². The maximum absolute atomic E-state index is 5.48. The van der Waals surface area contributed by atoms with Crippen LogP contribution in [0.15, 0.2) is 0 Å². The molecule has 0 radical (unpaired) electrons. The molecule has 13 heavy (non-hydrogen) atoms. The molecule has 0 bridgehead atoms. The number of nitrogens with zero attached hydrogens (tertiary/aromatic N) is 1. The van der Waals surface area contributed by atoms with Gasteiger partial charge in [-0.3, -0.25) is 4.90 Å². The fraction of sp³-hybridized carbons (Fsp3) is 1.00. The summed E-state index contributed by atoms with van der Waals surface area (Å²) in [6.07, 6.45) is 3.11. The lowest BCUT2D eigenvalue weighted by Gasteiger charge is -2.31. The first-order chi connectivity index (χ1) is 6.33. The summed E-state index contributed by atoms with van der Waals surface area (Å²) in [6, 6.07) is 1.37. The summed E-state index contributed by atoms with van der Waals surface area (Å²) in [4.78, 5) is 2.61. The van der Waals surface area contributed by atoms with Gasteiger partial charge in [0.05, 0.1) is 6.10 Å². The lowest BCUT2D eigenvalue weighted by molar-refractivity contribution is 0.0412. The molecule has 3 nitrogen and oxygen atoms in total. The van der Waals surface area contributed by atoms with Gasteiger partial charge >= 0.3 is 0 Å². The van der Waals surface area contributed by atoms with Crippen molar-refractivity contribution in [3.63, 3.8) is 0 Å². The zero-order chi connectivity index (χ0) is 9.26. The van der Waals surface area contributed by atoms with Gasteiger partial charge in [-0.2, -0.15) is 0 Å². The van der Waals surface area contributed by atoms with E-state index in [0.717, 1.165) is 19.1 Å². The van der Waals surface area contributed by atoms with E-state index in [4.69, 9.17) is 4.74 Å². The Bertz CT molecular complexity index is 174. The van der Waals surface area contributed by atoms with Gasteiger partial charge in [-0.25, -0.2) is 0 Å². The van der Waals surface area contributed by atoms with Crippen LogP contribution in [0.4, 0.5) is 0 Å². The first kappa shape index (κ1) is 9.44. The molecule has 0 saturated carbocycles. The summed E-state index contributed by atoms with van der Waals surface area (Å²) >= 11 is 0. The van der Waals surface area contributed by atoms with E-state index in [9.17, 15) is 0 Å². The Hall–Kier alpha value is -0.120. The van der Waals surface area contributed by atoms with Gasteiger partial charge in [-0.05, 0) is 26.3 Å². The molecule has 0 aromatic heterocycles. The molecule has 2 aliphatic rings. The second kappa shape index (κ2) is 3.95. The van der Waals surface area contributed by atoms with Gasteiger partial charge in [0.1, 0.15) is 0 Å². The van der Waals surface area contributed by atoms with Crippen LogP contribution < -0.4 is 5.32 Å². The molecule has 2 heterocycles. The summed E-state index contributed by atoms with van der Waals surface area (Å²) in [5, 5.41) is 3.40. The minimum Gasteiger partial charge on any atom is -0.378 e. The third kappa shape index (κ3) is 1.73. The van der Waals surface area contributed by atoms with Crippen molar-refractivity contribution in [2.45, 2.75) is 38.0 Å². The predicted octanol–water partition coefficient (Wildman–Crippen LogP) is 0.457. The maximum atomic E-state index is 5.48. The molecule has 2 saturated heterocycles. The monoisotopic (exact) mass is 184 g/mol. The molecule has 0 aromatic carbocycles. The van der Waals surface area contributed by atoms with Crippen molar-refractivity contribution in [1.82, 2.24) is 10.2 Å². The van der Waals surface area contributed by atoms with Gasteiger partial charge in [0, 0.05) is 32.3 Å². The number of rotatable bonds is 2. The highest BCUT2D eigenvalue weighted by atomic mass is 16.5. The summed E-state index contributed by atoms with van der Waals surface area (Å²) < 4.78 is 5.48. The largest absolute Gasteiger partial charge is 0.378 e. The fourth-order valence-corrected chi connectivity index (χ4v) is 2.66. The van der Waals surface area contributed by atoms with E-state index < -0.39 is 0 Å². The van der Waals surface area contributed by atoms with E-state index in [1.54, 1.807) is 0 Å². The molecule has 0 aromatic rings. The summed E-state index contributed by atoms with van der Waals surface area (Å²) in [5.41, 5.74) is 0. The number of nitrogens with one attached hydrogen (secondary N) is 1. The minimum absolute atomic E-state index is 0.403. The molecule has 0 spiro atoms. The molecule has 3 atom stereocenters. The molecular weight excluding hydrogens is 164 g/mol. The Balaban J connectivity index is 1.98. The zero-order valence-electron chi connectivity index (χ0n) is 8.62. The molecule has 2 unspecified atom stereocenters. The van der Waals surface area contributed by atoms with Crippen LogP contribution in [0.2, 0.25) is 0 Å². The van der Waals surface area contributed by atoms with E-state index in [1.807, 2.05) is 7.11 Å². The van der Waals surface area contributed by atoms with Gasteiger partial charge in [-0.15, -0.1) is 0 Å².